The summed E-state index contributed by atoms with van der Waals surface area (Å²) >= 11 is 6.04. The highest BCUT2D eigenvalue weighted by Gasteiger charge is 2.18. The van der Waals surface area contributed by atoms with Crippen LogP contribution in [0.1, 0.15) is 12.5 Å². The minimum Gasteiger partial charge on any atom is -0.465 e. The van der Waals surface area contributed by atoms with Gasteiger partial charge in [0, 0.05) is 6.54 Å². The summed E-state index contributed by atoms with van der Waals surface area (Å²) in [7, 11) is 0. The fourth-order valence-corrected chi connectivity index (χ4v) is 1.93. The van der Waals surface area contributed by atoms with E-state index in [4.69, 9.17) is 25.8 Å². The zero-order chi connectivity index (χ0) is 13.0. The van der Waals surface area contributed by atoms with E-state index >= 15 is 0 Å². The molecule has 0 fully saturated rings. The van der Waals surface area contributed by atoms with Crippen LogP contribution in [0.25, 0.3) is 0 Å². The molecule has 0 atom stereocenters. The monoisotopic (exact) mass is 271 g/mol. The molecule has 1 aliphatic rings. The number of hydrogen-bond donors (Lipinski definition) is 1. The van der Waals surface area contributed by atoms with Gasteiger partial charge in [0.05, 0.1) is 18.2 Å². The molecule has 0 aromatic heterocycles. The molecule has 0 aliphatic carbocycles. The van der Waals surface area contributed by atoms with Crippen LogP contribution < -0.4 is 14.8 Å². The van der Waals surface area contributed by atoms with Crippen molar-refractivity contribution in [2.24, 2.45) is 0 Å². The number of fused-ring (bicyclic) bond motifs is 1. The van der Waals surface area contributed by atoms with Gasteiger partial charge >= 0.3 is 5.97 Å². The molecule has 0 saturated carbocycles. The number of nitrogens with one attached hydrogen (secondary N) is 1. The lowest BCUT2D eigenvalue weighted by atomic mass is 10.2. The first kappa shape index (κ1) is 13.0. The summed E-state index contributed by atoms with van der Waals surface area (Å²) in [5, 5.41) is 3.49. The summed E-state index contributed by atoms with van der Waals surface area (Å²) < 4.78 is 15.3. The van der Waals surface area contributed by atoms with Gasteiger partial charge in [0.2, 0.25) is 6.79 Å². The Balaban J connectivity index is 1.90. The molecule has 5 nitrogen and oxygen atoms in total. The molecule has 0 radical (unpaired) electrons. The number of ether oxygens (including phenoxy) is 3. The number of halogens is 1. The lowest BCUT2D eigenvalue weighted by Gasteiger charge is -2.06. The van der Waals surface area contributed by atoms with E-state index in [1.54, 1.807) is 13.0 Å². The van der Waals surface area contributed by atoms with E-state index in [0.717, 1.165) is 5.56 Å². The maximum absolute atomic E-state index is 11.1. The number of hydrogen-bond acceptors (Lipinski definition) is 5. The van der Waals surface area contributed by atoms with Crippen molar-refractivity contribution >= 4 is 17.6 Å². The highest BCUT2D eigenvalue weighted by molar-refractivity contribution is 6.32. The Kier molecular flexibility index (Phi) is 4.28. The Morgan fingerprint density at radius 2 is 2.33 bits per heavy atom. The third-order valence-electron chi connectivity index (χ3n) is 2.39. The topological polar surface area (TPSA) is 56.8 Å². The first-order valence-electron chi connectivity index (χ1n) is 5.65. The molecule has 1 heterocycles. The molecule has 0 spiro atoms. The summed E-state index contributed by atoms with van der Waals surface area (Å²) in [4.78, 5) is 11.1. The third-order valence-corrected chi connectivity index (χ3v) is 2.67. The molecule has 6 heteroatoms. The van der Waals surface area contributed by atoms with Crippen LogP contribution >= 0.6 is 11.6 Å². The smallest absolute Gasteiger partial charge is 0.319 e. The highest BCUT2D eigenvalue weighted by Crippen LogP contribution is 2.39. The molecule has 98 valence electrons. The van der Waals surface area contributed by atoms with Crippen LogP contribution in [0.5, 0.6) is 11.5 Å². The molecule has 2 rings (SSSR count). The predicted molar refractivity (Wildman–Crippen MR) is 65.9 cm³/mol. The number of rotatable bonds is 5. The number of benzene rings is 1. The van der Waals surface area contributed by atoms with Crippen LogP contribution in [0, 0.1) is 0 Å². The van der Waals surface area contributed by atoms with Crippen molar-refractivity contribution < 1.29 is 19.0 Å². The van der Waals surface area contributed by atoms with E-state index in [-0.39, 0.29) is 19.3 Å². The van der Waals surface area contributed by atoms with Gasteiger partial charge in [-0.3, -0.25) is 4.79 Å². The normalized spacial score (nSPS) is 12.6. The van der Waals surface area contributed by atoms with Crippen molar-refractivity contribution in [2.45, 2.75) is 13.5 Å². The van der Waals surface area contributed by atoms with Crippen LogP contribution in [0.2, 0.25) is 5.02 Å². The molecule has 1 aromatic rings. The Morgan fingerprint density at radius 3 is 3.11 bits per heavy atom. The van der Waals surface area contributed by atoms with Crippen LogP contribution in [-0.2, 0) is 16.1 Å². The standard InChI is InChI=1S/C12H14ClNO4/c1-2-16-11(15)6-14-5-8-3-9(13)12-10(4-8)17-7-18-12/h3-4,14H,2,5-7H2,1H3. The van der Waals surface area contributed by atoms with Gasteiger partial charge in [0.1, 0.15) is 0 Å². The average Bonchev–Trinajstić information content (AvgIpc) is 2.78. The Labute approximate surface area is 110 Å². The van der Waals surface area contributed by atoms with Crippen LogP contribution in [0.3, 0.4) is 0 Å². The second-order valence-corrected chi connectivity index (χ2v) is 4.13. The van der Waals surface area contributed by atoms with Crippen molar-refractivity contribution in [1.82, 2.24) is 5.32 Å². The SMILES string of the molecule is CCOC(=O)CNCc1cc(Cl)c2c(c1)OCO2. The fourth-order valence-electron chi connectivity index (χ4n) is 1.64. The molecule has 0 bridgehead atoms. The number of esters is 1. The van der Waals surface area contributed by atoms with Gasteiger partial charge in [-0.05, 0) is 24.6 Å². The Morgan fingerprint density at radius 1 is 1.50 bits per heavy atom. The number of carbonyl (C=O) groups is 1. The van der Waals surface area contributed by atoms with Crippen molar-refractivity contribution in [3.05, 3.63) is 22.7 Å². The van der Waals surface area contributed by atoms with E-state index in [1.807, 2.05) is 6.07 Å². The zero-order valence-corrected chi connectivity index (χ0v) is 10.8. The minimum atomic E-state index is -0.274. The zero-order valence-electron chi connectivity index (χ0n) is 9.99. The molecule has 1 N–H and O–H groups in total. The van der Waals surface area contributed by atoms with Gasteiger partial charge in [-0.2, -0.15) is 0 Å². The minimum absolute atomic E-state index is 0.167. The highest BCUT2D eigenvalue weighted by atomic mass is 35.5. The second-order valence-electron chi connectivity index (χ2n) is 3.72. The van der Waals surface area contributed by atoms with E-state index in [2.05, 4.69) is 5.32 Å². The van der Waals surface area contributed by atoms with Gasteiger partial charge in [-0.1, -0.05) is 11.6 Å². The van der Waals surface area contributed by atoms with Crippen molar-refractivity contribution in [2.75, 3.05) is 19.9 Å². The van der Waals surface area contributed by atoms with E-state index in [1.165, 1.54) is 0 Å². The number of carbonyl (C=O) groups excluding carboxylic acids is 1. The largest absolute Gasteiger partial charge is 0.465 e. The molecule has 1 aliphatic heterocycles. The fraction of sp³-hybridized carbons (Fsp3) is 0.417. The molecule has 18 heavy (non-hydrogen) atoms. The van der Waals surface area contributed by atoms with Crippen LogP contribution in [0.15, 0.2) is 12.1 Å². The second kappa shape index (κ2) is 5.93. The van der Waals surface area contributed by atoms with E-state index in [0.29, 0.717) is 29.7 Å². The molecule has 0 unspecified atom stereocenters. The van der Waals surface area contributed by atoms with Gasteiger partial charge in [-0.15, -0.1) is 0 Å². The van der Waals surface area contributed by atoms with Gasteiger partial charge < -0.3 is 19.5 Å². The lowest BCUT2D eigenvalue weighted by Crippen LogP contribution is -2.24. The quantitative estimate of drug-likeness (QED) is 0.827. The first-order valence-corrected chi connectivity index (χ1v) is 6.03. The molecule has 0 saturated heterocycles. The summed E-state index contributed by atoms with van der Waals surface area (Å²) in [6, 6.07) is 3.62. The Bertz CT molecular complexity index is 450. The molecule has 0 amide bonds. The van der Waals surface area contributed by atoms with Crippen molar-refractivity contribution in [1.29, 1.82) is 0 Å². The van der Waals surface area contributed by atoms with Gasteiger partial charge in [-0.25, -0.2) is 0 Å². The lowest BCUT2D eigenvalue weighted by molar-refractivity contribution is -0.142. The molecule has 1 aromatic carbocycles. The van der Waals surface area contributed by atoms with Crippen LogP contribution in [0.4, 0.5) is 0 Å². The average molecular weight is 272 g/mol. The van der Waals surface area contributed by atoms with Crippen molar-refractivity contribution in [3.8, 4) is 11.5 Å². The summed E-state index contributed by atoms with van der Waals surface area (Å²) in [5.41, 5.74) is 0.925. The third kappa shape index (κ3) is 3.05. The van der Waals surface area contributed by atoms with Crippen LogP contribution in [-0.4, -0.2) is 25.9 Å². The molecular weight excluding hydrogens is 258 g/mol. The summed E-state index contributed by atoms with van der Waals surface area (Å²) in [5.74, 6) is 0.936. The van der Waals surface area contributed by atoms with Gasteiger partial charge in [0.25, 0.3) is 0 Å². The summed E-state index contributed by atoms with van der Waals surface area (Å²) in [6.45, 7) is 3.02. The Hall–Kier alpha value is -1.46. The van der Waals surface area contributed by atoms with E-state index < -0.39 is 0 Å². The maximum Gasteiger partial charge on any atom is 0.319 e. The van der Waals surface area contributed by atoms with Gasteiger partial charge in [0.15, 0.2) is 11.5 Å². The first-order chi connectivity index (χ1) is 8.70. The summed E-state index contributed by atoms with van der Waals surface area (Å²) in [6.07, 6.45) is 0. The molecular formula is C12H14ClNO4. The maximum atomic E-state index is 11.1. The predicted octanol–water partition coefficient (Wildman–Crippen LogP) is 1.72. The van der Waals surface area contributed by atoms with Crippen molar-refractivity contribution in [3.63, 3.8) is 0 Å². The van der Waals surface area contributed by atoms with E-state index in [9.17, 15) is 4.79 Å².